The Balaban J connectivity index is 4.74. The number of nitrogens with one attached hydrogen (secondary N) is 3. The maximum absolute atomic E-state index is 12.3. The maximum atomic E-state index is 12.3. The second kappa shape index (κ2) is 13.1. The number of amides is 4. The smallest absolute Gasteiger partial charge is 0.326 e. The van der Waals surface area contributed by atoms with Crippen LogP contribution >= 0.6 is 0 Å². The number of nitrogens with two attached hydrogens (primary N) is 2. The molecule has 0 saturated carbocycles. The second-order valence-electron chi connectivity index (χ2n) is 6.95. The van der Waals surface area contributed by atoms with Crippen molar-refractivity contribution in [2.75, 3.05) is 6.54 Å². The summed E-state index contributed by atoms with van der Waals surface area (Å²) in [5.74, 6) is -5.81. The Morgan fingerprint density at radius 2 is 1.50 bits per heavy atom. The first-order chi connectivity index (χ1) is 13.8. The van der Waals surface area contributed by atoms with Gasteiger partial charge in [0.05, 0.1) is 12.6 Å². The van der Waals surface area contributed by atoms with Gasteiger partial charge in [-0.15, -0.1) is 0 Å². The van der Waals surface area contributed by atoms with Crippen molar-refractivity contribution in [3.05, 3.63) is 0 Å². The number of hydrogen-bond acceptors (Lipinski definition) is 7. The molecule has 9 N–H and O–H groups in total. The van der Waals surface area contributed by atoms with Gasteiger partial charge in [-0.2, -0.15) is 0 Å². The van der Waals surface area contributed by atoms with Crippen molar-refractivity contribution in [3.63, 3.8) is 0 Å². The van der Waals surface area contributed by atoms with Gasteiger partial charge in [0.15, 0.2) is 0 Å². The van der Waals surface area contributed by atoms with Gasteiger partial charge >= 0.3 is 11.9 Å². The molecular formula is C17H29N5O8. The van der Waals surface area contributed by atoms with Gasteiger partial charge in [0.25, 0.3) is 0 Å². The van der Waals surface area contributed by atoms with Crippen LogP contribution in [0.1, 0.15) is 39.5 Å². The van der Waals surface area contributed by atoms with Crippen molar-refractivity contribution < 1.29 is 39.0 Å². The molecule has 0 aliphatic heterocycles. The van der Waals surface area contributed by atoms with E-state index in [9.17, 15) is 28.8 Å². The molecule has 0 heterocycles. The first-order valence-electron chi connectivity index (χ1n) is 9.21. The molecule has 13 nitrogen and oxygen atoms in total. The van der Waals surface area contributed by atoms with Gasteiger partial charge in [-0.05, 0) is 18.8 Å². The molecule has 0 rings (SSSR count). The summed E-state index contributed by atoms with van der Waals surface area (Å²) >= 11 is 0. The highest BCUT2D eigenvalue weighted by Gasteiger charge is 2.27. The lowest BCUT2D eigenvalue weighted by Gasteiger charge is -2.23. The van der Waals surface area contributed by atoms with Gasteiger partial charge in [-0.25, -0.2) is 4.79 Å². The largest absolute Gasteiger partial charge is 0.481 e. The third kappa shape index (κ3) is 10.9. The Labute approximate surface area is 172 Å². The third-order valence-electron chi connectivity index (χ3n) is 3.99. The van der Waals surface area contributed by atoms with Crippen molar-refractivity contribution in [3.8, 4) is 0 Å². The van der Waals surface area contributed by atoms with E-state index in [1.807, 2.05) is 0 Å². The standard InChI is InChI=1S/C17H29N5O8/c1-8(2)14(22-15(27)9(18)3-6-13(25)26)16(28)20-7-12(24)21-10(17(29)30)4-5-11(19)23/h8-10,14H,3-7,18H2,1-2H3,(H2,19,23)(H,20,28)(H,21,24)(H,22,27)(H,25,26)(H,29,30). The van der Waals surface area contributed by atoms with E-state index < -0.39 is 60.2 Å². The van der Waals surface area contributed by atoms with E-state index in [1.165, 1.54) is 0 Å². The lowest BCUT2D eigenvalue weighted by molar-refractivity contribution is -0.142. The van der Waals surface area contributed by atoms with Crippen molar-refractivity contribution in [2.45, 2.75) is 57.7 Å². The lowest BCUT2D eigenvalue weighted by Crippen LogP contribution is -2.55. The molecule has 3 unspecified atom stereocenters. The van der Waals surface area contributed by atoms with Crippen LogP contribution < -0.4 is 27.4 Å². The molecule has 0 spiro atoms. The summed E-state index contributed by atoms with van der Waals surface area (Å²) in [5, 5.41) is 24.5. The first kappa shape index (κ1) is 26.8. The molecule has 0 aliphatic rings. The molecule has 13 heteroatoms. The van der Waals surface area contributed by atoms with E-state index in [-0.39, 0.29) is 31.6 Å². The van der Waals surface area contributed by atoms with Crippen LogP contribution in [0.2, 0.25) is 0 Å². The van der Waals surface area contributed by atoms with E-state index in [2.05, 4.69) is 16.0 Å². The summed E-state index contributed by atoms with van der Waals surface area (Å²) in [6.07, 6.45) is -0.873. The molecule has 3 atom stereocenters. The minimum absolute atomic E-state index is 0.113. The maximum Gasteiger partial charge on any atom is 0.326 e. The highest BCUT2D eigenvalue weighted by Crippen LogP contribution is 2.04. The molecule has 0 saturated heterocycles. The molecule has 0 aromatic rings. The topological polar surface area (TPSA) is 231 Å². The number of rotatable bonds is 14. The normalized spacial score (nSPS) is 13.6. The molecule has 0 fully saturated rings. The zero-order valence-corrected chi connectivity index (χ0v) is 16.8. The fourth-order valence-corrected chi connectivity index (χ4v) is 2.27. The number of carboxylic acid groups (broad SMARTS) is 2. The van der Waals surface area contributed by atoms with Crippen molar-refractivity contribution >= 4 is 35.6 Å². The number of primary amides is 1. The third-order valence-corrected chi connectivity index (χ3v) is 3.99. The van der Waals surface area contributed by atoms with E-state index in [4.69, 9.17) is 21.7 Å². The van der Waals surface area contributed by atoms with E-state index in [1.54, 1.807) is 13.8 Å². The Morgan fingerprint density at radius 1 is 0.900 bits per heavy atom. The molecule has 0 radical (unpaired) electrons. The average molecular weight is 431 g/mol. The van der Waals surface area contributed by atoms with Crippen molar-refractivity contribution in [1.29, 1.82) is 0 Å². The van der Waals surface area contributed by atoms with Crippen LogP contribution in [0.15, 0.2) is 0 Å². The predicted octanol–water partition coefficient (Wildman–Crippen LogP) is -2.73. The zero-order chi connectivity index (χ0) is 23.4. The first-order valence-corrected chi connectivity index (χ1v) is 9.21. The molecule has 0 aliphatic carbocycles. The van der Waals surface area contributed by atoms with Crippen LogP contribution in [-0.4, -0.2) is 70.5 Å². The van der Waals surface area contributed by atoms with Crippen LogP contribution in [0.4, 0.5) is 0 Å². The number of hydrogen-bond donors (Lipinski definition) is 7. The Hall–Kier alpha value is -3.22. The van der Waals surface area contributed by atoms with Crippen LogP contribution in [0.5, 0.6) is 0 Å². The molecule has 0 bridgehead atoms. The van der Waals surface area contributed by atoms with Crippen LogP contribution in [0.25, 0.3) is 0 Å². The Kier molecular flexibility index (Phi) is 11.7. The number of aliphatic carboxylic acids is 2. The number of carbonyl (C=O) groups is 6. The fourth-order valence-electron chi connectivity index (χ4n) is 2.27. The molecular weight excluding hydrogens is 402 g/mol. The monoisotopic (exact) mass is 431 g/mol. The lowest BCUT2D eigenvalue weighted by atomic mass is 10.0. The van der Waals surface area contributed by atoms with E-state index in [0.29, 0.717) is 0 Å². The molecule has 4 amide bonds. The highest BCUT2D eigenvalue weighted by atomic mass is 16.4. The minimum Gasteiger partial charge on any atom is -0.481 e. The predicted molar refractivity (Wildman–Crippen MR) is 103 cm³/mol. The number of carboxylic acids is 2. The summed E-state index contributed by atoms with van der Waals surface area (Å²) in [4.78, 5) is 68.7. The zero-order valence-electron chi connectivity index (χ0n) is 16.8. The van der Waals surface area contributed by atoms with E-state index >= 15 is 0 Å². The molecule has 170 valence electrons. The van der Waals surface area contributed by atoms with E-state index in [0.717, 1.165) is 0 Å². The fraction of sp³-hybridized carbons (Fsp3) is 0.647. The molecule has 30 heavy (non-hydrogen) atoms. The van der Waals surface area contributed by atoms with Gasteiger partial charge in [0.2, 0.25) is 23.6 Å². The van der Waals surface area contributed by atoms with Crippen molar-refractivity contribution in [2.24, 2.45) is 17.4 Å². The molecule has 0 aromatic carbocycles. The van der Waals surface area contributed by atoms with Crippen LogP contribution in [-0.2, 0) is 28.8 Å². The van der Waals surface area contributed by atoms with Crippen LogP contribution in [0.3, 0.4) is 0 Å². The highest BCUT2D eigenvalue weighted by molar-refractivity contribution is 5.92. The minimum atomic E-state index is -1.36. The quantitative estimate of drug-likeness (QED) is 0.151. The Morgan fingerprint density at radius 3 is 1.97 bits per heavy atom. The summed E-state index contributed by atoms with van der Waals surface area (Å²) in [7, 11) is 0. The van der Waals surface area contributed by atoms with Crippen molar-refractivity contribution in [1.82, 2.24) is 16.0 Å². The summed E-state index contributed by atoms with van der Waals surface area (Å²) in [6, 6.07) is -3.53. The van der Waals surface area contributed by atoms with Gasteiger partial charge < -0.3 is 37.6 Å². The summed E-state index contributed by atoms with van der Waals surface area (Å²) in [6.45, 7) is 2.71. The van der Waals surface area contributed by atoms with Gasteiger partial charge in [-0.3, -0.25) is 24.0 Å². The van der Waals surface area contributed by atoms with Gasteiger partial charge in [0.1, 0.15) is 12.1 Å². The second-order valence-corrected chi connectivity index (χ2v) is 6.95. The van der Waals surface area contributed by atoms with Gasteiger partial charge in [-0.1, -0.05) is 13.8 Å². The summed E-state index contributed by atoms with van der Waals surface area (Å²) < 4.78 is 0. The average Bonchev–Trinajstić information content (AvgIpc) is 2.64. The Bertz CT molecular complexity index is 667. The number of carbonyl (C=O) groups excluding carboxylic acids is 4. The SMILES string of the molecule is CC(C)C(NC(=O)C(N)CCC(=O)O)C(=O)NCC(=O)NC(CCC(N)=O)C(=O)O. The van der Waals surface area contributed by atoms with Gasteiger partial charge in [0, 0.05) is 12.8 Å². The summed E-state index contributed by atoms with van der Waals surface area (Å²) in [5.41, 5.74) is 10.6. The van der Waals surface area contributed by atoms with Crippen LogP contribution in [0, 0.1) is 5.92 Å². The molecule has 0 aromatic heterocycles.